The minimum Gasteiger partial charge on any atom is -0.356 e. The Labute approximate surface area is 176 Å². The molecule has 0 spiro atoms. The van der Waals surface area contributed by atoms with Gasteiger partial charge in [0.15, 0.2) is 0 Å². The molecule has 0 bridgehead atoms. The van der Waals surface area contributed by atoms with Crippen LogP contribution in [0.25, 0.3) is 0 Å². The lowest BCUT2D eigenvalue weighted by atomic mass is 10.00. The summed E-state index contributed by atoms with van der Waals surface area (Å²) in [5.41, 5.74) is 0.844. The van der Waals surface area contributed by atoms with Crippen molar-refractivity contribution in [3.63, 3.8) is 0 Å². The Morgan fingerprint density at radius 1 is 1.13 bits per heavy atom. The molecule has 1 aliphatic heterocycles. The van der Waals surface area contributed by atoms with Crippen molar-refractivity contribution in [1.29, 1.82) is 0 Å². The molecule has 1 saturated heterocycles. The molecule has 1 aromatic carbocycles. The number of hydrogen-bond donors (Lipinski definition) is 2. The lowest BCUT2D eigenvalue weighted by molar-refractivity contribution is -0.134. The van der Waals surface area contributed by atoms with E-state index in [1.165, 1.54) is 24.5 Å². The fourth-order valence-electron chi connectivity index (χ4n) is 3.44. The zero-order valence-corrected chi connectivity index (χ0v) is 17.5. The zero-order valence-electron chi connectivity index (χ0n) is 16.7. The molecule has 1 atom stereocenters. The molecule has 160 valence electrons. The summed E-state index contributed by atoms with van der Waals surface area (Å²) < 4.78 is 27.3. The molecule has 8 nitrogen and oxygen atoms in total. The highest BCUT2D eigenvalue weighted by Gasteiger charge is 2.28. The first kappa shape index (κ1) is 21.9. The second kappa shape index (κ2) is 10.3. The summed E-state index contributed by atoms with van der Waals surface area (Å²) in [5, 5.41) is 2.89. The van der Waals surface area contributed by atoms with Crippen molar-refractivity contribution >= 4 is 21.8 Å². The van der Waals surface area contributed by atoms with Crippen LogP contribution in [0.2, 0.25) is 0 Å². The van der Waals surface area contributed by atoms with Gasteiger partial charge in [-0.25, -0.2) is 13.1 Å². The first-order valence-corrected chi connectivity index (χ1v) is 11.5. The number of sulfonamides is 1. The molecule has 2 aromatic rings. The van der Waals surface area contributed by atoms with Crippen LogP contribution in [0.15, 0.2) is 59.8 Å². The number of nitrogens with zero attached hydrogens (tertiary/aromatic N) is 2. The molecule has 9 heteroatoms. The Morgan fingerprint density at radius 2 is 1.93 bits per heavy atom. The molecule has 1 unspecified atom stereocenters. The summed E-state index contributed by atoms with van der Waals surface area (Å²) >= 11 is 0. The average molecular weight is 431 g/mol. The third-order valence-corrected chi connectivity index (χ3v) is 6.40. The van der Waals surface area contributed by atoms with E-state index in [1.807, 2.05) is 30.3 Å². The number of benzene rings is 1. The van der Waals surface area contributed by atoms with Crippen molar-refractivity contribution in [2.24, 2.45) is 0 Å². The van der Waals surface area contributed by atoms with Crippen molar-refractivity contribution in [3.05, 3.63) is 60.4 Å². The molecule has 2 amide bonds. The molecule has 0 radical (unpaired) electrons. The van der Waals surface area contributed by atoms with Crippen LogP contribution in [0.1, 0.15) is 37.3 Å². The van der Waals surface area contributed by atoms with E-state index in [9.17, 15) is 18.0 Å². The standard InChI is InChI=1S/C21H26N4O4S/c26-20-14-19(17-8-3-1-4-9-17)25(13-6-2-5-12-23-20)21(27)16-24-30(28,29)18-10-7-11-22-15-18/h1,3-4,7-11,15,19,24H,2,5-6,12-14,16H2,(H,23,26). The van der Waals surface area contributed by atoms with Crippen LogP contribution in [0.4, 0.5) is 0 Å². The summed E-state index contributed by atoms with van der Waals surface area (Å²) in [7, 11) is -3.86. The van der Waals surface area contributed by atoms with Crippen LogP contribution < -0.4 is 10.0 Å². The van der Waals surface area contributed by atoms with E-state index >= 15 is 0 Å². The number of rotatable bonds is 5. The maximum absolute atomic E-state index is 13.1. The van der Waals surface area contributed by atoms with E-state index in [0.717, 1.165) is 24.8 Å². The molecule has 1 aromatic heterocycles. The third kappa shape index (κ3) is 5.87. The highest BCUT2D eigenvalue weighted by atomic mass is 32.2. The molecular formula is C21H26N4O4S. The average Bonchev–Trinajstić information content (AvgIpc) is 2.77. The number of carbonyl (C=O) groups is 2. The fraction of sp³-hybridized carbons (Fsp3) is 0.381. The largest absolute Gasteiger partial charge is 0.356 e. The van der Waals surface area contributed by atoms with Crippen molar-refractivity contribution in [3.8, 4) is 0 Å². The molecule has 0 aliphatic carbocycles. The molecular weight excluding hydrogens is 404 g/mol. The van der Waals surface area contributed by atoms with Crippen molar-refractivity contribution in [2.75, 3.05) is 19.6 Å². The minimum atomic E-state index is -3.86. The number of amides is 2. The lowest BCUT2D eigenvalue weighted by Gasteiger charge is -2.33. The second-order valence-electron chi connectivity index (χ2n) is 7.14. The fourth-order valence-corrected chi connectivity index (χ4v) is 4.38. The maximum atomic E-state index is 13.1. The van der Waals surface area contributed by atoms with Crippen LogP contribution in [-0.2, 0) is 19.6 Å². The maximum Gasteiger partial charge on any atom is 0.242 e. The number of pyridine rings is 1. The minimum absolute atomic E-state index is 0.00209. The first-order chi connectivity index (χ1) is 14.5. The monoisotopic (exact) mass is 430 g/mol. The molecule has 1 fully saturated rings. The first-order valence-electron chi connectivity index (χ1n) is 9.98. The molecule has 0 saturated carbocycles. The van der Waals surface area contributed by atoms with Crippen LogP contribution in [0.5, 0.6) is 0 Å². The number of nitrogens with one attached hydrogen (secondary N) is 2. The van der Waals surface area contributed by atoms with Crippen LogP contribution >= 0.6 is 0 Å². The van der Waals surface area contributed by atoms with Gasteiger partial charge in [-0.1, -0.05) is 30.3 Å². The Morgan fingerprint density at radius 3 is 2.67 bits per heavy atom. The Kier molecular flexibility index (Phi) is 7.53. The third-order valence-electron chi connectivity index (χ3n) is 5.02. The molecule has 3 rings (SSSR count). The van der Waals surface area contributed by atoms with Crippen LogP contribution in [0.3, 0.4) is 0 Å². The van der Waals surface area contributed by atoms with Crippen molar-refractivity contribution in [1.82, 2.24) is 19.9 Å². The van der Waals surface area contributed by atoms with Gasteiger partial charge in [0.1, 0.15) is 4.90 Å². The van der Waals surface area contributed by atoms with Gasteiger partial charge in [0.25, 0.3) is 0 Å². The molecule has 2 heterocycles. The van der Waals surface area contributed by atoms with E-state index in [0.29, 0.717) is 13.1 Å². The van der Waals surface area contributed by atoms with Gasteiger partial charge in [0.2, 0.25) is 21.8 Å². The molecule has 30 heavy (non-hydrogen) atoms. The van der Waals surface area contributed by atoms with Crippen LogP contribution in [-0.4, -0.2) is 49.8 Å². The van der Waals surface area contributed by atoms with Gasteiger partial charge in [-0.2, -0.15) is 0 Å². The number of carbonyl (C=O) groups excluding carboxylic acids is 2. The van der Waals surface area contributed by atoms with Gasteiger partial charge in [-0.05, 0) is 37.0 Å². The summed E-state index contributed by atoms with van der Waals surface area (Å²) in [6.07, 6.45) is 5.33. The van der Waals surface area contributed by atoms with E-state index in [4.69, 9.17) is 0 Å². The van der Waals surface area contributed by atoms with Gasteiger partial charge >= 0.3 is 0 Å². The van der Waals surface area contributed by atoms with Crippen molar-refractivity contribution in [2.45, 2.75) is 36.6 Å². The molecule has 2 N–H and O–H groups in total. The van der Waals surface area contributed by atoms with Gasteiger partial charge in [0, 0.05) is 25.5 Å². The summed E-state index contributed by atoms with van der Waals surface area (Å²) in [6.45, 7) is 0.696. The topological polar surface area (TPSA) is 108 Å². The van der Waals surface area contributed by atoms with Gasteiger partial charge in [-0.15, -0.1) is 0 Å². The highest BCUT2D eigenvalue weighted by Crippen LogP contribution is 2.26. The SMILES string of the molecule is O=C1CC(c2ccccc2)N(C(=O)CNS(=O)(=O)c2cccnc2)CCCCCN1. The highest BCUT2D eigenvalue weighted by molar-refractivity contribution is 7.89. The predicted octanol–water partition coefficient (Wildman–Crippen LogP) is 1.62. The Hall–Kier alpha value is -2.78. The van der Waals surface area contributed by atoms with Crippen molar-refractivity contribution < 1.29 is 18.0 Å². The van der Waals surface area contributed by atoms with Gasteiger partial charge in [-0.3, -0.25) is 14.6 Å². The van der Waals surface area contributed by atoms with E-state index in [1.54, 1.807) is 4.90 Å². The number of hydrogen-bond acceptors (Lipinski definition) is 5. The van der Waals surface area contributed by atoms with Gasteiger partial charge in [0.05, 0.1) is 19.0 Å². The smallest absolute Gasteiger partial charge is 0.242 e. The second-order valence-corrected chi connectivity index (χ2v) is 8.91. The van der Waals surface area contributed by atoms with Crippen LogP contribution in [0, 0.1) is 0 Å². The van der Waals surface area contributed by atoms with E-state index in [-0.39, 0.29) is 29.7 Å². The Bertz CT molecular complexity index is 951. The summed E-state index contributed by atoms with van der Waals surface area (Å²) in [6, 6.07) is 11.8. The normalized spacial score (nSPS) is 18.5. The van der Waals surface area contributed by atoms with E-state index in [2.05, 4.69) is 15.0 Å². The quantitative estimate of drug-likeness (QED) is 0.749. The van der Waals surface area contributed by atoms with E-state index < -0.39 is 16.1 Å². The predicted molar refractivity (Wildman–Crippen MR) is 112 cm³/mol. The Balaban J connectivity index is 1.80. The van der Waals surface area contributed by atoms with Gasteiger partial charge < -0.3 is 10.2 Å². The summed E-state index contributed by atoms with van der Waals surface area (Å²) in [4.78, 5) is 30.9. The lowest BCUT2D eigenvalue weighted by Crippen LogP contribution is -2.44. The molecule has 1 aliphatic rings. The zero-order chi connectivity index (χ0) is 21.4. The summed E-state index contributed by atoms with van der Waals surface area (Å²) in [5.74, 6) is -0.496. The number of aromatic nitrogens is 1.